The Bertz CT molecular complexity index is 908. The Labute approximate surface area is 167 Å². The summed E-state index contributed by atoms with van der Waals surface area (Å²) in [7, 11) is 0. The highest BCUT2D eigenvalue weighted by Gasteiger charge is 2.25. The first kappa shape index (κ1) is 18.4. The minimum absolute atomic E-state index is 0.219. The number of hydrogen-bond donors (Lipinski definition) is 0. The average Bonchev–Trinajstić information content (AvgIpc) is 2.75. The number of likely N-dealkylation sites (tertiary alicyclic amines) is 1. The predicted molar refractivity (Wildman–Crippen MR) is 112 cm³/mol. The summed E-state index contributed by atoms with van der Waals surface area (Å²) >= 11 is 0. The van der Waals surface area contributed by atoms with Crippen LogP contribution in [0.2, 0.25) is 0 Å². The molecule has 2 heterocycles. The van der Waals surface area contributed by atoms with E-state index in [1.165, 1.54) is 5.56 Å². The molecule has 3 aromatic rings. The van der Waals surface area contributed by atoms with E-state index in [0.717, 1.165) is 49.3 Å². The molecule has 0 bridgehead atoms. The summed E-state index contributed by atoms with van der Waals surface area (Å²) in [5.41, 5.74) is 4.56. The van der Waals surface area contributed by atoms with E-state index in [9.17, 15) is 4.79 Å². The van der Waals surface area contributed by atoms with Gasteiger partial charge in [0.2, 0.25) is 5.91 Å². The van der Waals surface area contributed by atoms with E-state index in [4.69, 9.17) is 4.98 Å². The molecule has 0 aliphatic carbocycles. The molecule has 2 aromatic carbocycles. The van der Waals surface area contributed by atoms with Crippen molar-refractivity contribution in [3.63, 3.8) is 0 Å². The minimum Gasteiger partial charge on any atom is -0.342 e. The third kappa shape index (κ3) is 4.66. The SMILES string of the molecule is O=C(Cc1ccccc1)N1CCC[C@H](c2cccc(Cc3ccccc3)n2)C1. The van der Waals surface area contributed by atoms with Gasteiger partial charge in [-0.3, -0.25) is 9.78 Å². The van der Waals surface area contributed by atoms with Crippen molar-refractivity contribution in [2.75, 3.05) is 13.1 Å². The Morgan fingerprint density at radius 1 is 0.893 bits per heavy atom. The van der Waals surface area contributed by atoms with Crippen LogP contribution in [0.5, 0.6) is 0 Å². The summed E-state index contributed by atoms with van der Waals surface area (Å²) in [6.07, 6.45) is 3.46. The summed E-state index contributed by atoms with van der Waals surface area (Å²) < 4.78 is 0. The first-order valence-electron chi connectivity index (χ1n) is 10.1. The van der Waals surface area contributed by atoms with Crippen LogP contribution in [0, 0.1) is 0 Å². The van der Waals surface area contributed by atoms with Crippen molar-refractivity contribution in [1.29, 1.82) is 0 Å². The van der Waals surface area contributed by atoms with Crippen molar-refractivity contribution in [3.8, 4) is 0 Å². The second-order valence-electron chi connectivity index (χ2n) is 7.56. The molecule has 28 heavy (non-hydrogen) atoms. The lowest BCUT2D eigenvalue weighted by Crippen LogP contribution is -2.40. The fraction of sp³-hybridized carbons (Fsp3) is 0.280. The average molecular weight is 370 g/mol. The van der Waals surface area contributed by atoms with Crippen molar-refractivity contribution in [3.05, 3.63) is 101 Å². The van der Waals surface area contributed by atoms with E-state index in [2.05, 4.69) is 42.5 Å². The van der Waals surface area contributed by atoms with Crippen LogP contribution >= 0.6 is 0 Å². The third-order valence-electron chi connectivity index (χ3n) is 5.45. The molecule has 4 rings (SSSR count). The first-order valence-corrected chi connectivity index (χ1v) is 10.1. The standard InChI is InChI=1S/C25H26N2O/c28-25(18-21-11-5-2-6-12-21)27-16-8-13-22(19-27)24-15-7-14-23(26-24)17-20-9-3-1-4-10-20/h1-7,9-12,14-15,22H,8,13,16-19H2/t22-/m0/s1. The second-order valence-corrected chi connectivity index (χ2v) is 7.56. The Kier molecular flexibility index (Phi) is 5.81. The van der Waals surface area contributed by atoms with E-state index < -0.39 is 0 Å². The summed E-state index contributed by atoms with van der Waals surface area (Å²) in [6.45, 7) is 1.62. The largest absolute Gasteiger partial charge is 0.342 e. The molecule has 0 radical (unpaired) electrons. The lowest BCUT2D eigenvalue weighted by atomic mass is 9.93. The summed E-state index contributed by atoms with van der Waals surface area (Å²) in [4.78, 5) is 19.7. The van der Waals surface area contributed by atoms with Crippen LogP contribution in [0.3, 0.4) is 0 Å². The highest BCUT2D eigenvalue weighted by atomic mass is 16.2. The van der Waals surface area contributed by atoms with Gasteiger partial charge in [0.1, 0.15) is 0 Å². The number of benzene rings is 2. The van der Waals surface area contributed by atoms with Crippen molar-refractivity contribution in [2.45, 2.75) is 31.6 Å². The van der Waals surface area contributed by atoms with Gasteiger partial charge in [-0.2, -0.15) is 0 Å². The molecule has 1 amide bonds. The van der Waals surface area contributed by atoms with Gasteiger partial charge in [-0.05, 0) is 36.1 Å². The third-order valence-corrected chi connectivity index (χ3v) is 5.45. The molecule has 1 saturated heterocycles. The van der Waals surface area contributed by atoms with Crippen LogP contribution in [0.25, 0.3) is 0 Å². The predicted octanol–water partition coefficient (Wildman–Crippen LogP) is 4.62. The zero-order valence-corrected chi connectivity index (χ0v) is 16.1. The number of hydrogen-bond acceptors (Lipinski definition) is 2. The summed E-state index contributed by atoms with van der Waals surface area (Å²) in [6, 6.07) is 26.8. The molecule has 0 saturated carbocycles. The Balaban J connectivity index is 1.43. The number of amides is 1. The summed E-state index contributed by atoms with van der Waals surface area (Å²) in [5, 5.41) is 0. The van der Waals surface area contributed by atoms with Crippen LogP contribution < -0.4 is 0 Å². The van der Waals surface area contributed by atoms with Crippen LogP contribution in [-0.4, -0.2) is 28.9 Å². The van der Waals surface area contributed by atoms with Crippen LogP contribution in [0.4, 0.5) is 0 Å². The summed E-state index contributed by atoms with van der Waals surface area (Å²) in [5.74, 6) is 0.542. The first-order chi connectivity index (χ1) is 13.8. The maximum absolute atomic E-state index is 12.8. The van der Waals surface area contributed by atoms with E-state index >= 15 is 0 Å². The molecule has 0 unspecified atom stereocenters. The number of rotatable bonds is 5. The lowest BCUT2D eigenvalue weighted by Gasteiger charge is -2.32. The van der Waals surface area contributed by atoms with Crippen molar-refractivity contribution in [1.82, 2.24) is 9.88 Å². The molecule has 1 aliphatic heterocycles. The van der Waals surface area contributed by atoms with E-state index in [1.54, 1.807) is 0 Å². The van der Waals surface area contributed by atoms with Crippen LogP contribution in [-0.2, 0) is 17.6 Å². The van der Waals surface area contributed by atoms with Gasteiger partial charge in [-0.15, -0.1) is 0 Å². The smallest absolute Gasteiger partial charge is 0.227 e. The van der Waals surface area contributed by atoms with Crippen molar-refractivity contribution >= 4 is 5.91 Å². The van der Waals surface area contributed by atoms with Crippen molar-refractivity contribution in [2.24, 2.45) is 0 Å². The maximum atomic E-state index is 12.8. The van der Waals surface area contributed by atoms with Gasteiger partial charge in [-0.1, -0.05) is 66.7 Å². The van der Waals surface area contributed by atoms with Crippen LogP contribution in [0.1, 0.15) is 41.3 Å². The minimum atomic E-state index is 0.219. The van der Waals surface area contributed by atoms with Gasteiger partial charge in [-0.25, -0.2) is 0 Å². The zero-order valence-electron chi connectivity index (χ0n) is 16.1. The fourth-order valence-corrected chi connectivity index (χ4v) is 3.96. The molecule has 0 N–H and O–H groups in total. The van der Waals surface area contributed by atoms with Gasteiger partial charge in [0, 0.05) is 36.8 Å². The number of pyridine rings is 1. The topological polar surface area (TPSA) is 33.2 Å². The molecule has 3 heteroatoms. The van der Waals surface area contributed by atoms with Gasteiger partial charge < -0.3 is 4.90 Å². The van der Waals surface area contributed by atoms with Gasteiger partial charge >= 0.3 is 0 Å². The number of piperidine rings is 1. The molecule has 142 valence electrons. The Morgan fingerprint density at radius 3 is 2.36 bits per heavy atom. The molecule has 3 nitrogen and oxygen atoms in total. The number of carbonyl (C=O) groups excluding carboxylic acids is 1. The molecule has 1 atom stereocenters. The molecule has 1 aromatic heterocycles. The molecule has 0 spiro atoms. The Hall–Kier alpha value is -2.94. The van der Waals surface area contributed by atoms with Crippen LogP contribution in [0.15, 0.2) is 78.9 Å². The lowest BCUT2D eigenvalue weighted by molar-refractivity contribution is -0.131. The highest BCUT2D eigenvalue weighted by molar-refractivity contribution is 5.79. The quantitative estimate of drug-likeness (QED) is 0.656. The van der Waals surface area contributed by atoms with Gasteiger partial charge in [0.05, 0.1) is 6.42 Å². The van der Waals surface area contributed by atoms with E-state index in [-0.39, 0.29) is 5.91 Å². The normalized spacial score (nSPS) is 16.7. The van der Waals surface area contributed by atoms with Gasteiger partial charge in [0.25, 0.3) is 0 Å². The molecule has 1 aliphatic rings. The molecule has 1 fully saturated rings. The van der Waals surface area contributed by atoms with E-state index in [0.29, 0.717) is 12.3 Å². The fourth-order valence-electron chi connectivity index (χ4n) is 3.96. The van der Waals surface area contributed by atoms with Gasteiger partial charge in [0.15, 0.2) is 0 Å². The zero-order chi connectivity index (χ0) is 19.2. The highest BCUT2D eigenvalue weighted by Crippen LogP contribution is 2.26. The Morgan fingerprint density at radius 2 is 1.61 bits per heavy atom. The van der Waals surface area contributed by atoms with Crippen molar-refractivity contribution < 1.29 is 4.79 Å². The molecular weight excluding hydrogens is 344 g/mol. The second kappa shape index (κ2) is 8.83. The number of carbonyl (C=O) groups is 1. The monoisotopic (exact) mass is 370 g/mol. The molecular formula is C25H26N2O. The maximum Gasteiger partial charge on any atom is 0.227 e. The number of aromatic nitrogens is 1. The number of nitrogens with zero attached hydrogens (tertiary/aromatic N) is 2. The van der Waals surface area contributed by atoms with E-state index in [1.807, 2.05) is 41.3 Å².